The van der Waals surface area contributed by atoms with Crippen molar-refractivity contribution in [3.8, 4) is 22.4 Å². The quantitative estimate of drug-likeness (QED) is 0.685. The van der Waals surface area contributed by atoms with Crippen LogP contribution in [0, 0.1) is 0 Å². The van der Waals surface area contributed by atoms with E-state index in [0.717, 1.165) is 66.1 Å². The lowest BCUT2D eigenvalue weighted by Crippen LogP contribution is -2.44. The first-order chi connectivity index (χ1) is 15.1. The van der Waals surface area contributed by atoms with E-state index in [-0.39, 0.29) is 5.91 Å². The van der Waals surface area contributed by atoms with Gasteiger partial charge in [-0.2, -0.15) is 0 Å². The van der Waals surface area contributed by atoms with Gasteiger partial charge in [-0.3, -0.25) is 4.79 Å². The van der Waals surface area contributed by atoms with Crippen molar-refractivity contribution < 1.29 is 4.79 Å². The van der Waals surface area contributed by atoms with E-state index in [1.54, 1.807) is 0 Å². The molecule has 1 amide bonds. The van der Waals surface area contributed by atoms with Crippen LogP contribution in [0.5, 0.6) is 0 Å². The zero-order valence-electron chi connectivity index (χ0n) is 17.6. The Hall–Kier alpha value is -3.45. The number of amides is 1. The minimum Gasteiger partial charge on any atom is -0.382 e. The highest BCUT2D eigenvalue weighted by atomic mass is 16.1. The fourth-order valence-corrected chi connectivity index (χ4v) is 4.28. The zero-order chi connectivity index (χ0) is 21.4. The largest absolute Gasteiger partial charge is 0.382 e. The molecular weight excluding hydrogens is 388 g/mol. The first-order valence-corrected chi connectivity index (χ1v) is 10.7. The van der Waals surface area contributed by atoms with Crippen LogP contribution >= 0.6 is 0 Å². The van der Waals surface area contributed by atoms with Gasteiger partial charge in [0.05, 0.1) is 5.69 Å². The van der Waals surface area contributed by atoms with E-state index in [0.29, 0.717) is 12.4 Å². The van der Waals surface area contributed by atoms with Gasteiger partial charge in [0, 0.05) is 55.1 Å². The molecule has 3 aromatic rings. The number of nitrogens with one attached hydrogen (secondary N) is 1. The van der Waals surface area contributed by atoms with Crippen molar-refractivity contribution in [3.05, 3.63) is 59.7 Å². The second-order valence-corrected chi connectivity index (χ2v) is 8.24. The summed E-state index contributed by atoms with van der Waals surface area (Å²) in [4.78, 5) is 16.8. The molecule has 31 heavy (non-hydrogen) atoms. The summed E-state index contributed by atoms with van der Waals surface area (Å²) < 4.78 is 0. The Morgan fingerprint density at radius 2 is 1.65 bits per heavy atom. The number of nitrogens with zero attached hydrogens (tertiary/aromatic N) is 4. The fourth-order valence-electron chi connectivity index (χ4n) is 4.28. The maximum Gasteiger partial charge on any atom is 0.251 e. The molecule has 0 aliphatic carbocycles. The SMILES string of the molecule is CN1CCN(c2ccc(-c3cc(-c4ccc5c(c4)CCNC5=O)c(N)nn3)cc2)CC1. The number of aromatic nitrogens is 2. The highest BCUT2D eigenvalue weighted by Crippen LogP contribution is 2.31. The number of benzene rings is 2. The summed E-state index contributed by atoms with van der Waals surface area (Å²) in [6, 6.07) is 16.3. The number of anilines is 2. The van der Waals surface area contributed by atoms with Crippen molar-refractivity contribution in [2.24, 2.45) is 0 Å². The number of likely N-dealkylation sites (N-methyl/N-ethyl adjacent to an activating group) is 1. The lowest BCUT2D eigenvalue weighted by Gasteiger charge is -2.34. The molecule has 2 aliphatic rings. The highest BCUT2D eigenvalue weighted by Gasteiger charge is 2.18. The molecule has 1 fully saturated rings. The smallest absolute Gasteiger partial charge is 0.251 e. The van der Waals surface area contributed by atoms with Crippen molar-refractivity contribution in [2.75, 3.05) is 50.4 Å². The molecule has 3 heterocycles. The van der Waals surface area contributed by atoms with Gasteiger partial charge in [0.15, 0.2) is 5.82 Å². The van der Waals surface area contributed by atoms with Gasteiger partial charge >= 0.3 is 0 Å². The van der Waals surface area contributed by atoms with Crippen LogP contribution in [0.15, 0.2) is 48.5 Å². The van der Waals surface area contributed by atoms with E-state index >= 15 is 0 Å². The van der Waals surface area contributed by atoms with Crippen molar-refractivity contribution in [2.45, 2.75) is 6.42 Å². The molecule has 2 aliphatic heterocycles. The second-order valence-electron chi connectivity index (χ2n) is 8.24. The normalized spacial score (nSPS) is 16.7. The first-order valence-electron chi connectivity index (χ1n) is 10.7. The van der Waals surface area contributed by atoms with E-state index in [1.807, 2.05) is 24.3 Å². The first kappa shape index (κ1) is 19.5. The van der Waals surface area contributed by atoms with Crippen molar-refractivity contribution >= 4 is 17.4 Å². The molecule has 0 bridgehead atoms. The molecule has 3 N–H and O–H groups in total. The second kappa shape index (κ2) is 8.00. The molecule has 0 saturated carbocycles. The topological polar surface area (TPSA) is 87.4 Å². The Morgan fingerprint density at radius 1 is 0.903 bits per heavy atom. The summed E-state index contributed by atoms with van der Waals surface area (Å²) >= 11 is 0. The van der Waals surface area contributed by atoms with Gasteiger partial charge in [-0.15, -0.1) is 10.2 Å². The summed E-state index contributed by atoms with van der Waals surface area (Å²) in [5.41, 5.74) is 12.7. The van der Waals surface area contributed by atoms with E-state index in [9.17, 15) is 4.79 Å². The molecule has 0 atom stereocenters. The summed E-state index contributed by atoms with van der Waals surface area (Å²) in [5.74, 6) is 0.368. The number of carbonyl (C=O) groups excluding carboxylic acids is 1. The van der Waals surface area contributed by atoms with Crippen LogP contribution in [0.1, 0.15) is 15.9 Å². The van der Waals surface area contributed by atoms with Gasteiger partial charge in [-0.1, -0.05) is 24.3 Å². The summed E-state index contributed by atoms with van der Waals surface area (Å²) in [5, 5.41) is 11.4. The Morgan fingerprint density at radius 3 is 2.42 bits per heavy atom. The summed E-state index contributed by atoms with van der Waals surface area (Å²) in [6.45, 7) is 4.90. The van der Waals surface area contributed by atoms with E-state index in [1.165, 1.54) is 5.69 Å². The number of piperazine rings is 1. The number of fused-ring (bicyclic) bond motifs is 1. The highest BCUT2D eigenvalue weighted by molar-refractivity contribution is 5.97. The maximum absolute atomic E-state index is 12.0. The number of carbonyl (C=O) groups is 1. The molecule has 0 radical (unpaired) electrons. The summed E-state index contributed by atoms with van der Waals surface area (Å²) in [7, 11) is 2.16. The van der Waals surface area contributed by atoms with Crippen molar-refractivity contribution in [3.63, 3.8) is 0 Å². The average Bonchev–Trinajstić information content (AvgIpc) is 2.80. The summed E-state index contributed by atoms with van der Waals surface area (Å²) in [6.07, 6.45) is 0.813. The van der Waals surface area contributed by atoms with E-state index in [4.69, 9.17) is 5.73 Å². The third kappa shape index (κ3) is 3.84. The molecule has 0 unspecified atom stereocenters. The molecule has 7 heteroatoms. The van der Waals surface area contributed by atoms with Gasteiger partial charge in [0.1, 0.15) is 0 Å². The zero-order valence-corrected chi connectivity index (χ0v) is 17.6. The number of nitrogens with two attached hydrogens (primary N) is 1. The van der Waals surface area contributed by atoms with Gasteiger partial charge in [-0.25, -0.2) is 0 Å². The van der Waals surface area contributed by atoms with Gasteiger partial charge in [-0.05, 0) is 48.9 Å². The van der Waals surface area contributed by atoms with Crippen LogP contribution < -0.4 is 16.0 Å². The Kier molecular flexibility index (Phi) is 5.03. The van der Waals surface area contributed by atoms with Crippen LogP contribution in [-0.2, 0) is 6.42 Å². The standard InChI is InChI=1S/C24H26N6O/c1-29-10-12-30(13-11-29)19-5-2-16(3-6-19)22-15-21(23(25)28-27-22)17-4-7-20-18(14-17)8-9-26-24(20)31/h2-7,14-15H,8-13H2,1H3,(H2,25,28)(H,26,31). The van der Waals surface area contributed by atoms with Crippen LogP contribution in [0.25, 0.3) is 22.4 Å². The van der Waals surface area contributed by atoms with Crippen LogP contribution in [0.3, 0.4) is 0 Å². The van der Waals surface area contributed by atoms with Crippen LogP contribution in [-0.4, -0.2) is 60.8 Å². The third-order valence-electron chi connectivity index (χ3n) is 6.19. The number of nitrogen functional groups attached to an aromatic ring is 1. The van der Waals surface area contributed by atoms with Gasteiger partial charge < -0.3 is 20.9 Å². The minimum absolute atomic E-state index is 0.0187. The number of hydrogen-bond acceptors (Lipinski definition) is 6. The monoisotopic (exact) mass is 414 g/mol. The van der Waals surface area contributed by atoms with Crippen LogP contribution in [0.2, 0.25) is 0 Å². The maximum atomic E-state index is 12.0. The molecule has 5 rings (SSSR count). The molecule has 1 saturated heterocycles. The molecule has 2 aromatic carbocycles. The minimum atomic E-state index is -0.0187. The Bertz CT molecular complexity index is 1120. The molecular formula is C24H26N6O. The molecule has 158 valence electrons. The van der Waals surface area contributed by atoms with Crippen molar-refractivity contribution in [1.82, 2.24) is 20.4 Å². The fraction of sp³-hybridized carbons (Fsp3) is 0.292. The van der Waals surface area contributed by atoms with Crippen LogP contribution in [0.4, 0.5) is 11.5 Å². The molecule has 0 spiro atoms. The predicted octanol–water partition coefficient (Wildman–Crippen LogP) is 2.43. The lowest BCUT2D eigenvalue weighted by molar-refractivity contribution is 0.0946. The van der Waals surface area contributed by atoms with Gasteiger partial charge in [0.2, 0.25) is 0 Å². The number of rotatable bonds is 3. The predicted molar refractivity (Wildman–Crippen MR) is 123 cm³/mol. The van der Waals surface area contributed by atoms with Crippen molar-refractivity contribution in [1.29, 1.82) is 0 Å². The van der Waals surface area contributed by atoms with E-state index in [2.05, 4.69) is 56.6 Å². The number of hydrogen-bond donors (Lipinski definition) is 2. The van der Waals surface area contributed by atoms with E-state index < -0.39 is 0 Å². The van der Waals surface area contributed by atoms with Gasteiger partial charge in [0.25, 0.3) is 5.91 Å². The molecule has 1 aromatic heterocycles. The average molecular weight is 415 g/mol. The Balaban J connectivity index is 1.43. The lowest BCUT2D eigenvalue weighted by atomic mass is 9.94. The Labute approximate surface area is 181 Å². The third-order valence-corrected chi connectivity index (χ3v) is 6.19. The molecule has 7 nitrogen and oxygen atoms in total.